The molecule has 1 unspecified atom stereocenters. The first kappa shape index (κ1) is 30.4. The van der Waals surface area contributed by atoms with Crippen LogP contribution in [-0.4, -0.2) is 28.0 Å². The Hall–Kier alpha value is -4.03. The normalized spacial score (nSPS) is 11.9. The van der Waals surface area contributed by atoms with E-state index in [1.807, 2.05) is 65.5 Å². The highest BCUT2D eigenvalue weighted by Gasteiger charge is 2.18. The fourth-order valence-electron chi connectivity index (χ4n) is 3.86. The van der Waals surface area contributed by atoms with Crippen molar-refractivity contribution in [3.8, 4) is 11.3 Å². The Bertz CT molecular complexity index is 1750. The molecule has 3 aromatic carbocycles. The van der Waals surface area contributed by atoms with Gasteiger partial charge in [-0.3, -0.25) is 14.4 Å². The van der Waals surface area contributed by atoms with Crippen LogP contribution in [-0.2, 0) is 9.59 Å². The molecule has 2 heterocycles. The van der Waals surface area contributed by atoms with Crippen LogP contribution < -0.4 is 16.0 Å². The number of aromatic nitrogens is 1. The molecule has 2 aromatic heterocycles. The van der Waals surface area contributed by atoms with E-state index in [0.29, 0.717) is 16.4 Å². The highest BCUT2D eigenvalue weighted by molar-refractivity contribution is 9.10. The third-order valence-electron chi connectivity index (χ3n) is 6.03. The summed E-state index contributed by atoms with van der Waals surface area (Å²) in [6.07, 6.45) is 1.64. The molecule has 0 aliphatic carbocycles. The van der Waals surface area contributed by atoms with Crippen molar-refractivity contribution in [1.82, 2.24) is 10.3 Å². The van der Waals surface area contributed by atoms with E-state index in [1.165, 1.54) is 34.4 Å². The van der Waals surface area contributed by atoms with Crippen molar-refractivity contribution >= 4 is 85.0 Å². The summed E-state index contributed by atoms with van der Waals surface area (Å²) >= 11 is 7.66. The minimum Gasteiger partial charge on any atom is -0.321 e. The second-order valence-electron chi connectivity index (χ2n) is 9.21. The van der Waals surface area contributed by atoms with Gasteiger partial charge in [0.25, 0.3) is 11.8 Å². The lowest BCUT2D eigenvalue weighted by Crippen LogP contribution is -2.30. The van der Waals surface area contributed by atoms with E-state index in [9.17, 15) is 14.4 Å². The summed E-state index contributed by atoms with van der Waals surface area (Å²) in [5.41, 5.74) is 3.66. The Balaban J connectivity index is 1.22. The Morgan fingerprint density at radius 3 is 2.47 bits per heavy atom. The van der Waals surface area contributed by atoms with Gasteiger partial charge in [-0.05, 0) is 77.9 Å². The van der Waals surface area contributed by atoms with Gasteiger partial charge in [0.1, 0.15) is 5.70 Å². The average molecular weight is 690 g/mol. The number of nitrogens with zero attached hydrogens (tertiary/aromatic N) is 1. The van der Waals surface area contributed by atoms with Crippen molar-refractivity contribution in [2.24, 2.45) is 0 Å². The molecule has 7 nitrogen and oxygen atoms in total. The van der Waals surface area contributed by atoms with Crippen molar-refractivity contribution in [2.75, 3.05) is 10.6 Å². The minimum atomic E-state index is -0.464. The molecule has 3 amide bonds. The summed E-state index contributed by atoms with van der Waals surface area (Å²) in [6.45, 7) is 1.81. The first-order valence-electron chi connectivity index (χ1n) is 13.0. The number of amides is 3. The zero-order valence-electron chi connectivity index (χ0n) is 22.7. The molecule has 0 spiro atoms. The van der Waals surface area contributed by atoms with E-state index < -0.39 is 11.2 Å². The Morgan fingerprint density at radius 1 is 0.930 bits per heavy atom. The number of rotatable bonds is 10. The van der Waals surface area contributed by atoms with Crippen molar-refractivity contribution in [3.63, 3.8) is 0 Å². The average Bonchev–Trinajstić information content (AvgIpc) is 3.70. The number of benzene rings is 3. The molecule has 0 saturated carbocycles. The van der Waals surface area contributed by atoms with Crippen LogP contribution in [0.25, 0.3) is 17.3 Å². The van der Waals surface area contributed by atoms with Gasteiger partial charge in [0.05, 0.1) is 10.9 Å². The maximum absolute atomic E-state index is 13.3. The molecule has 0 saturated heterocycles. The van der Waals surface area contributed by atoms with Gasteiger partial charge in [0.2, 0.25) is 5.91 Å². The van der Waals surface area contributed by atoms with Crippen LogP contribution in [0.2, 0.25) is 0 Å². The van der Waals surface area contributed by atoms with Crippen molar-refractivity contribution < 1.29 is 14.4 Å². The summed E-state index contributed by atoms with van der Waals surface area (Å²) in [5, 5.41) is 14.3. The van der Waals surface area contributed by atoms with Gasteiger partial charge < -0.3 is 16.0 Å². The van der Waals surface area contributed by atoms with Crippen LogP contribution in [0.5, 0.6) is 0 Å². The standard InChI is InChI=1S/C32H25BrN4O3S3/c1-20(29(38)37-32-36-28(19-42-32)22-10-12-24(33)13-11-22)43-26-9-5-8-25(17-26)34-31(40)27(16-21-14-15-41-18-21)35-30(39)23-6-3-2-4-7-23/h2-20H,1H3,(H,34,40)(H,35,39)(H,36,37,38)/b27-16-. The predicted octanol–water partition coefficient (Wildman–Crippen LogP) is 8.16. The van der Waals surface area contributed by atoms with E-state index in [2.05, 4.69) is 36.9 Å². The molecular weight excluding hydrogens is 664 g/mol. The number of thiazole rings is 1. The molecular formula is C32H25BrN4O3S3. The van der Waals surface area contributed by atoms with Gasteiger partial charge in [0, 0.05) is 31.6 Å². The lowest BCUT2D eigenvalue weighted by atomic mass is 10.2. The van der Waals surface area contributed by atoms with E-state index in [0.717, 1.165) is 26.2 Å². The van der Waals surface area contributed by atoms with Crippen LogP contribution in [0.3, 0.4) is 0 Å². The number of nitrogens with one attached hydrogen (secondary N) is 3. The Labute approximate surface area is 269 Å². The lowest BCUT2D eigenvalue weighted by Gasteiger charge is -2.13. The third kappa shape index (κ3) is 8.51. The number of hydrogen-bond acceptors (Lipinski definition) is 7. The fraction of sp³-hybridized carbons (Fsp3) is 0.0625. The van der Waals surface area contributed by atoms with Gasteiger partial charge in [0.15, 0.2) is 5.13 Å². The van der Waals surface area contributed by atoms with Gasteiger partial charge in [-0.25, -0.2) is 4.98 Å². The zero-order chi connectivity index (χ0) is 30.2. The van der Waals surface area contributed by atoms with Gasteiger partial charge in [-0.15, -0.1) is 23.1 Å². The first-order chi connectivity index (χ1) is 20.8. The van der Waals surface area contributed by atoms with E-state index in [1.54, 1.807) is 48.5 Å². The molecule has 0 aliphatic rings. The Kier molecular flexibility index (Phi) is 10.2. The molecule has 0 bridgehead atoms. The molecule has 1 atom stereocenters. The number of halogens is 1. The SMILES string of the molecule is CC(Sc1cccc(NC(=O)/C(=C/c2ccsc2)NC(=O)c2ccccc2)c1)C(=O)Nc1nc(-c2ccc(Br)cc2)cs1. The highest BCUT2D eigenvalue weighted by atomic mass is 79.9. The zero-order valence-corrected chi connectivity index (χ0v) is 26.8. The van der Waals surface area contributed by atoms with E-state index in [-0.39, 0.29) is 17.5 Å². The molecule has 5 rings (SSSR count). The molecule has 3 N–H and O–H groups in total. The quantitative estimate of drug-likeness (QED) is 0.102. The van der Waals surface area contributed by atoms with Crippen molar-refractivity contribution in [3.05, 3.63) is 122 Å². The molecule has 5 aromatic rings. The first-order valence-corrected chi connectivity index (χ1v) is 16.5. The summed E-state index contributed by atoms with van der Waals surface area (Å²) in [5.74, 6) is -1.03. The maximum Gasteiger partial charge on any atom is 0.272 e. The van der Waals surface area contributed by atoms with Gasteiger partial charge in [-0.2, -0.15) is 11.3 Å². The van der Waals surface area contributed by atoms with Gasteiger partial charge >= 0.3 is 0 Å². The molecule has 216 valence electrons. The fourth-order valence-corrected chi connectivity index (χ4v) is 6.39. The number of carbonyl (C=O) groups is 3. The van der Waals surface area contributed by atoms with Crippen LogP contribution in [0.1, 0.15) is 22.8 Å². The molecule has 43 heavy (non-hydrogen) atoms. The monoisotopic (exact) mass is 688 g/mol. The molecule has 11 heteroatoms. The number of thiophene rings is 1. The summed E-state index contributed by atoms with van der Waals surface area (Å²) in [7, 11) is 0. The second-order valence-corrected chi connectivity index (χ2v) is 13.2. The number of carbonyl (C=O) groups excluding carboxylic acids is 3. The number of hydrogen-bond donors (Lipinski definition) is 3. The topological polar surface area (TPSA) is 100 Å². The second kappa shape index (κ2) is 14.4. The number of anilines is 2. The molecule has 0 fully saturated rings. The Morgan fingerprint density at radius 2 is 1.72 bits per heavy atom. The number of thioether (sulfide) groups is 1. The van der Waals surface area contributed by atoms with Crippen molar-refractivity contribution in [2.45, 2.75) is 17.1 Å². The molecule has 0 aliphatic heterocycles. The van der Waals surface area contributed by atoms with Crippen LogP contribution in [0, 0.1) is 0 Å². The van der Waals surface area contributed by atoms with Crippen LogP contribution >= 0.6 is 50.4 Å². The van der Waals surface area contributed by atoms with Crippen molar-refractivity contribution in [1.29, 1.82) is 0 Å². The third-order valence-corrected chi connectivity index (χ3v) is 9.11. The lowest BCUT2D eigenvalue weighted by molar-refractivity contribution is -0.115. The smallest absolute Gasteiger partial charge is 0.272 e. The van der Waals surface area contributed by atoms with E-state index >= 15 is 0 Å². The van der Waals surface area contributed by atoms with E-state index in [4.69, 9.17) is 0 Å². The summed E-state index contributed by atoms with van der Waals surface area (Å²) in [6, 6.07) is 25.6. The highest BCUT2D eigenvalue weighted by Crippen LogP contribution is 2.29. The minimum absolute atomic E-state index is 0.115. The summed E-state index contributed by atoms with van der Waals surface area (Å²) < 4.78 is 0.986. The predicted molar refractivity (Wildman–Crippen MR) is 180 cm³/mol. The van der Waals surface area contributed by atoms with Crippen LogP contribution in [0.4, 0.5) is 10.8 Å². The summed E-state index contributed by atoms with van der Waals surface area (Å²) in [4.78, 5) is 44.4. The maximum atomic E-state index is 13.3. The van der Waals surface area contributed by atoms with Gasteiger partial charge in [-0.1, -0.05) is 52.3 Å². The van der Waals surface area contributed by atoms with Crippen LogP contribution in [0.15, 0.2) is 116 Å². The largest absolute Gasteiger partial charge is 0.321 e. The molecule has 0 radical (unpaired) electrons.